The number of ether oxygens (including phenoxy) is 1. The molecule has 2 saturated carbocycles. The van der Waals surface area contributed by atoms with E-state index in [1.54, 1.807) is 0 Å². The van der Waals surface area contributed by atoms with E-state index in [0.717, 1.165) is 42.3 Å². The van der Waals surface area contributed by atoms with Gasteiger partial charge in [0, 0.05) is 41.8 Å². The molecule has 202 valence electrons. The number of nitrogens with zero attached hydrogens (tertiary/aromatic N) is 6. The summed E-state index contributed by atoms with van der Waals surface area (Å²) in [5, 5.41) is 4.53. The Labute approximate surface area is 226 Å². The highest BCUT2D eigenvalue weighted by Crippen LogP contribution is 2.40. The Morgan fingerprint density at radius 3 is 2.56 bits per heavy atom. The molecule has 1 saturated heterocycles. The van der Waals surface area contributed by atoms with Crippen molar-refractivity contribution in [2.75, 3.05) is 6.61 Å². The van der Waals surface area contributed by atoms with Gasteiger partial charge in [-0.15, -0.1) is 0 Å². The van der Waals surface area contributed by atoms with Crippen LogP contribution in [0.25, 0.3) is 22.4 Å². The fourth-order valence-corrected chi connectivity index (χ4v) is 6.19. The van der Waals surface area contributed by atoms with Gasteiger partial charge in [-0.25, -0.2) is 28.7 Å². The highest BCUT2D eigenvalue weighted by atomic mass is 19.1. The number of hydrogen-bond acceptors (Lipinski definition) is 6. The van der Waals surface area contributed by atoms with E-state index in [1.807, 2.05) is 17.8 Å². The van der Waals surface area contributed by atoms with Gasteiger partial charge in [0.15, 0.2) is 5.65 Å². The first-order valence-corrected chi connectivity index (χ1v) is 14.2. The molecule has 4 aromatic rings. The van der Waals surface area contributed by atoms with Crippen molar-refractivity contribution < 1.29 is 13.5 Å². The van der Waals surface area contributed by atoms with E-state index in [4.69, 9.17) is 24.7 Å². The molecule has 2 atom stereocenters. The van der Waals surface area contributed by atoms with Crippen molar-refractivity contribution in [1.82, 2.24) is 29.7 Å². The molecule has 3 fully saturated rings. The molecule has 39 heavy (non-hydrogen) atoms. The molecule has 0 N–H and O–H groups in total. The van der Waals surface area contributed by atoms with Crippen molar-refractivity contribution in [2.24, 2.45) is 0 Å². The second-order valence-electron chi connectivity index (χ2n) is 11.3. The molecular formula is C30H32F2N6O. The third kappa shape index (κ3) is 4.81. The standard InChI is InChI=1S/C30H32F2N6O/c1-17-26(18-5-3-2-4-6-18)35-28-27(23-10-7-21(31)14-24(23)32)36-29(37-30(28)34-17)19-11-12-39-25(13-19)20-15-33-38(16-20)22-8-9-22/h7,10,14-16,18-19,22,25H,2-6,8-9,11-13H2,1H3/t19-,25+/m0/s1. The fourth-order valence-electron chi connectivity index (χ4n) is 6.19. The van der Waals surface area contributed by atoms with Crippen LogP contribution in [-0.4, -0.2) is 36.3 Å². The van der Waals surface area contributed by atoms with Crippen LogP contribution in [0.2, 0.25) is 0 Å². The smallest absolute Gasteiger partial charge is 0.182 e. The van der Waals surface area contributed by atoms with Crippen LogP contribution >= 0.6 is 0 Å². The Morgan fingerprint density at radius 1 is 0.923 bits per heavy atom. The van der Waals surface area contributed by atoms with Crippen molar-refractivity contribution in [2.45, 2.75) is 88.7 Å². The van der Waals surface area contributed by atoms with Gasteiger partial charge in [0.05, 0.1) is 29.7 Å². The van der Waals surface area contributed by atoms with Crippen LogP contribution in [0, 0.1) is 18.6 Å². The maximum absolute atomic E-state index is 15.2. The quantitative estimate of drug-likeness (QED) is 0.280. The predicted octanol–water partition coefficient (Wildman–Crippen LogP) is 6.89. The molecule has 0 bridgehead atoms. The molecule has 1 aromatic carbocycles. The highest BCUT2D eigenvalue weighted by Gasteiger charge is 2.31. The summed E-state index contributed by atoms with van der Waals surface area (Å²) < 4.78 is 37.2. The molecule has 1 aliphatic heterocycles. The van der Waals surface area contributed by atoms with Gasteiger partial charge in [-0.1, -0.05) is 19.3 Å². The predicted molar refractivity (Wildman–Crippen MR) is 142 cm³/mol. The first kappa shape index (κ1) is 24.7. The molecule has 0 amide bonds. The number of aromatic nitrogens is 6. The second-order valence-corrected chi connectivity index (χ2v) is 11.3. The lowest BCUT2D eigenvalue weighted by atomic mass is 9.86. The van der Waals surface area contributed by atoms with Crippen LogP contribution < -0.4 is 0 Å². The molecule has 3 aromatic heterocycles. The van der Waals surface area contributed by atoms with Gasteiger partial charge in [0.1, 0.15) is 28.7 Å². The van der Waals surface area contributed by atoms with Gasteiger partial charge in [0.2, 0.25) is 0 Å². The van der Waals surface area contributed by atoms with E-state index in [0.29, 0.717) is 47.7 Å². The first-order chi connectivity index (χ1) is 19.0. The molecule has 2 aliphatic carbocycles. The van der Waals surface area contributed by atoms with E-state index in [9.17, 15) is 4.39 Å². The van der Waals surface area contributed by atoms with Gasteiger partial charge in [-0.3, -0.25) is 4.68 Å². The number of halogens is 2. The maximum atomic E-state index is 15.2. The summed E-state index contributed by atoms with van der Waals surface area (Å²) in [6.07, 6.45) is 13.4. The Hall–Kier alpha value is -3.33. The summed E-state index contributed by atoms with van der Waals surface area (Å²) in [4.78, 5) is 19.7. The van der Waals surface area contributed by atoms with Crippen molar-refractivity contribution in [3.05, 3.63) is 65.0 Å². The normalized spacial score (nSPS) is 22.4. The zero-order valence-corrected chi connectivity index (χ0v) is 22.1. The Balaban J connectivity index is 1.30. The third-order valence-electron chi connectivity index (χ3n) is 8.50. The van der Waals surface area contributed by atoms with Crippen LogP contribution in [0.5, 0.6) is 0 Å². The average Bonchev–Trinajstić information content (AvgIpc) is 3.69. The Bertz CT molecular complexity index is 1530. The summed E-state index contributed by atoms with van der Waals surface area (Å²) in [6, 6.07) is 4.11. The zero-order valence-electron chi connectivity index (χ0n) is 22.1. The van der Waals surface area contributed by atoms with Crippen LogP contribution in [0.15, 0.2) is 30.6 Å². The summed E-state index contributed by atoms with van der Waals surface area (Å²) >= 11 is 0. The lowest BCUT2D eigenvalue weighted by Crippen LogP contribution is -2.21. The molecule has 7 rings (SSSR count). The van der Waals surface area contributed by atoms with Gasteiger partial charge >= 0.3 is 0 Å². The monoisotopic (exact) mass is 530 g/mol. The zero-order chi connectivity index (χ0) is 26.5. The van der Waals surface area contributed by atoms with Crippen LogP contribution in [0.1, 0.15) is 105 Å². The molecule has 4 heterocycles. The van der Waals surface area contributed by atoms with Crippen LogP contribution in [-0.2, 0) is 4.74 Å². The SMILES string of the molecule is Cc1nc2nc([C@H]3CCO[C@@H](c4cnn(C5CC5)c4)C3)nc(-c3ccc(F)cc3F)c2nc1C1CCCCC1. The summed E-state index contributed by atoms with van der Waals surface area (Å²) in [6.45, 7) is 2.55. The highest BCUT2D eigenvalue weighted by molar-refractivity contribution is 5.87. The number of rotatable bonds is 5. The molecule has 0 spiro atoms. The minimum Gasteiger partial charge on any atom is -0.373 e. The van der Waals surface area contributed by atoms with Gasteiger partial charge in [-0.2, -0.15) is 5.10 Å². The molecule has 0 unspecified atom stereocenters. The average molecular weight is 531 g/mol. The van der Waals surface area contributed by atoms with E-state index >= 15 is 4.39 Å². The van der Waals surface area contributed by atoms with Crippen molar-refractivity contribution in [1.29, 1.82) is 0 Å². The largest absolute Gasteiger partial charge is 0.373 e. The summed E-state index contributed by atoms with van der Waals surface area (Å²) in [7, 11) is 0. The maximum Gasteiger partial charge on any atom is 0.182 e. The Kier molecular flexibility index (Phi) is 6.34. The minimum absolute atomic E-state index is 0.000174. The lowest BCUT2D eigenvalue weighted by Gasteiger charge is -2.28. The van der Waals surface area contributed by atoms with Gasteiger partial charge in [0.25, 0.3) is 0 Å². The van der Waals surface area contributed by atoms with Crippen molar-refractivity contribution in [3.63, 3.8) is 0 Å². The number of fused-ring (bicyclic) bond motifs is 1. The number of benzene rings is 1. The number of aryl methyl sites for hydroxylation is 1. The van der Waals surface area contributed by atoms with E-state index in [-0.39, 0.29) is 17.6 Å². The van der Waals surface area contributed by atoms with E-state index < -0.39 is 11.6 Å². The number of hydrogen-bond donors (Lipinski definition) is 0. The minimum atomic E-state index is -0.667. The third-order valence-corrected chi connectivity index (χ3v) is 8.50. The second kappa shape index (κ2) is 10.0. The molecule has 7 nitrogen and oxygen atoms in total. The topological polar surface area (TPSA) is 78.6 Å². The van der Waals surface area contributed by atoms with Crippen LogP contribution in [0.4, 0.5) is 8.78 Å². The Morgan fingerprint density at radius 2 is 1.77 bits per heavy atom. The summed E-state index contributed by atoms with van der Waals surface area (Å²) in [5.41, 5.74) is 4.40. The molecule has 9 heteroatoms. The van der Waals surface area contributed by atoms with Crippen LogP contribution in [0.3, 0.4) is 0 Å². The lowest BCUT2D eigenvalue weighted by molar-refractivity contribution is 0.00396. The molecule has 3 aliphatic rings. The van der Waals surface area contributed by atoms with Gasteiger partial charge in [-0.05, 0) is 57.6 Å². The fraction of sp³-hybridized carbons (Fsp3) is 0.500. The molecule has 0 radical (unpaired) electrons. The van der Waals surface area contributed by atoms with E-state index in [1.165, 1.54) is 44.2 Å². The van der Waals surface area contributed by atoms with E-state index in [2.05, 4.69) is 11.3 Å². The summed E-state index contributed by atoms with van der Waals surface area (Å²) in [5.74, 6) is -0.365. The van der Waals surface area contributed by atoms with Crippen molar-refractivity contribution in [3.8, 4) is 11.3 Å². The van der Waals surface area contributed by atoms with Crippen molar-refractivity contribution >= 4 is 11.2 Å². The molecular weight excluding hydrogens is 498 g/mol. The first-order valence-electron chi connectivity index (χ1n) is 14.2. The van der Waals surface area contributed by atoms with Gasteiger partial charge < -0.3 is 4.74 Å².